The molecule has 30 heavy (non-hydrogen) atoms. The van der Waals surface area contributed by atoms with E-state index in [1.54, 1.807) is 6.20 Å². The number of carbonyl (C=O) groups is 1. The first-order valence-corrected chi connectivity index (χ1v) is 11.5. The Bertz CT molecular complexity index is 995. The lowest BCUT2D eigenvalue weighted by molar-refractivity contribution is -0.120. The number of carbonyl (C=O) groups excluding carboxylic acids is 1. The largest absolute Gasteiger partial charge is 0.355 e. The molecule has 4 rings (SSSR count). The van der Waals surface area contributed by atoms with E-state index < -0.39 is 0 Å². The average Bonchev–Trinajstić information content (AvgIpc) is 3.09. The molecule has 0 unspecified atom stereocenters. The average molecular weight is 422 g/mol. The highest BCUT2D eigenvalue weighted by Gasteiger charge is 2.27. The summed E-state index contributed by atoms with van der Waals surface area (Å²) in [6.45, 7) is 5.08. The van der Waals surface area contributed by atoms with E-state index in [1.165, 1.54) is 22.9 Å². The molecule has 1 aliphatic rings. The second kappa shape index (κ2) is 9.43. The molecule has 1 amide bonds. The Morgan fingerprint density at radius 3 is 2.60 bits per heavy atom. The second-order valence-corrected chi connectivity index (χ2v) is 8.58. The van der Waals surface area contributed by atoms with Crippen LogP contribution in [0.15, 0.2) is 47.9 Å². The molecule has 0 radical (unpaired) electrons. The van der Waals surface area contributed by atoms with Crippen LogP contribution in [-0.4, -0.2) is 37.5 Å². The highest BCUT2D eigenvalue weighted by Crippen LogP contribution is 2.35. The predicted octanol–water partition coefficient (Wildman–Crippen LogP) is 4.21. The monoisotopic (exact) mass is 421 g/mol. The van der Waals surface area contributed by atoms with Crippen LogP contribution in [0.2, 0.25) is 0 Å². The zero-order chi connectivity index (χ0) is 20.9. The summed E-state index contributed by atoms with van der Waals surface area (Å²) < 4.78 is 2.14. The van der Waals surface area contributed by atoms with Crippen LogP contribution < -0.4 is 5.32 Å². The molecule has 1 N–H and O–H groups in total. The van der Waals surface area contributed by atoms with Gasteiger partial charge >= 0.3 is 0 Å². The Kier molecular flexibility index (Phi) is 6.47. The van der Waals surface area contributed by atoms with Gasteiger partial charge in [0, 0.05) is 24.5 Å². The summed E-state index contributed by atoms with van der Waals surface area (Å²) in [6, 6.07) is 10.3. The number of pyridine rings is 1. The normalized spacial score (nSPS) is 16.9. The van der Waals surface area contributed by atoms with Gasteiger partial charge in [0.05, 0.1) is 10.9 Å². The van der Waals surface area contributed by atoms with E-state index in [2.05, 4.69) is 57.1 Å². The van der Waals surface area contributed by atoms with Crippen LogP contribution in [-0.2, 0) is 17.6 Å². The first-order chi connectivity index (χ1) is 14.7. The topological polar surface area (TPSA) is 72.7 Å². The SMILES string of the molecule is CCc1cccc(CC)c1-n1c(S[C@@H]2CCCCNC2=O)nnc1-c1cccnc1. The molecule has 3 aromatic rings. The number of para-hydroxylation sites is 1. The molecule has 2 aromatic heterocycles. The molecule has 0 aliphatic carbocycles. The maximum Gasteiger partial charge on any atom is 0.233 e. The number of nitrogens with one attached hydrogen (secondary N) is 1. The molecular formula is C23H27N5OS. The number of aromatic nitrogens is 4. The summed E-state index contributed by atoms with van der Waals surface area (Å²) in [5.41, 5.74) is 4.52. The van der Waals surface area contributed by atoms with Crippen molar-refractivity contribution in [3.05, 3.63) is 53.9 Å². The summed E-state index contributed by atoms with van der Waals surface area (Å²) in [6.07, 6.45) is 8.28. The minimum absolute atomic E-state index is 0.0921. The maximum absolute atomic E-state index is 12.6. The standard InChI is InChI=1S/C23H27N5OS/c1-3-16-9-7-10-17(4-2)20(16)28-21(18-11-8-13-24-15-18)26-27-23(28)30-19-12-5-6-14-25-22(19)29/h7-11,13,15,19H,3-6,12,14H2,1-2H3,(H,25,29)/t19-/m1/s1. The van der Waals surface area contributed by atoms with Crippen LogP contribution in [0.3, 0.4) is 0 Å². The van der Waals surface area contributed by atoms with Crippen LogP contribution in [0.4, 0.5) is 0 Å². The molecule has 156 valence electrons. The van der Waals surface area contributed by atoms with Gasteiger partial charge in [-0.1, -0.05) is 50.2 Å². The van der Waals surface area contributed by atoms with Gasteiger partial charge in [-0.3, -0.25) is 14.3 Å². The first-order valence-electron chi connectivity index (χ1n) is 10.6. The number of nitrogens with zero attached hydrogens (tertiary/aromatic N) is 4. The predicted molar refractivity (Wildman–Crippen MR) is 120 cm³/mol. The molecule has 6 nitrogen and oxygen atoms in total. The van der Waals surface area contributed by atoms with Gasteiger partial charge in [0.2, 0.25) is 5.91 Å². The van der Waals surface area contributed by atoms with Crippen molar-refractivity contribution in [1.82, 2.24) is 25.1 Å². The fourth-order valence-corrected chi connectivity index (χ4v) is 4.98. The Labute approximate surface area is 181 Å². The number of hydrogen-bond donors (Lipinski definition) is 1. The third-order valence-corrected chi connectivity index (χ3v) is 6.68. The molecule has 1 aromatic carbocycles. The Balaban J connectivity index is 1.87. The molecule has 1 aliphatic heterocycles. The maximum atomic E-state index is 12.6. The number of benzene rings is 1. The highest BCUT2D eigenvalue weighted by molar-refractivity contribution is 8.00. The fourth-order valence-electron chi connectivity index (χ4n) is 3.88. The van der Waals surface area contributed by atoms with Gasteiger partial charge in [0.15, 0.2) is 11.0 Å². The smallest absolute Gasteiger partial charge is 0.233 e. The molecule has 7 heteroatoms. The summed E-state index contributed by atoms with van der Waals surface area (Å²) in [5, 5.41) is 12.7. The van der Waals surface area contributed by atoms with Gasteiger partial charge < -0.3 is 5.32 Å². The number of hydrogen-bond acceptors (Lipinski definition) is 5. The lowest BCUT2D eigenvalue weighted by Crippen LogP contribution is -2.30. The van der Waals surface area contributed by atoms with E-state index in [1.807, 2.05) is 18.3 Å². The van der Waals surface area contributed by atoms with Gasteiger partial charge in [0.25, 0.3) is 0 Å². The number of amides is 1. The van der Waals surface area contributed by atoms with E-state index in [-0.39, 0.29) is 11.2 Å². The third kappa shape index (κ3) is 4.12. The van der Waals surface area contributed by atoms with E-state index in [4.69, 9.17) is 0 Å². The van der Waals surface area contributed by atoms with Crippen LogP contribution in [0, 0.1) is 0 Å². The zero-order valence-corrected chi connectivity index (χ0v) is 18.3. The van der Waals surface area contributed by atoms with Crippen LogP contribution >= 0.6 is 11.8 Å². The van der Waals surface area contributed by atoms with Gasteiger partial charge in [-0.15, -0.1) is 10.2 Å². The van der Waals surface area contributed by atoms with Crippen molar-refractivity contribution in [1.29, 1.82) is 0 Å². The lowest BCUT2D eigenvalue weighted by atomic mass is 10.0. The molecule has 1 atom stereocenters. The second-order valence-electron chi connectivity index (χ2n) is 7.41. The summed E-state index contributed by atoms with van der Waals surface area (Å²) in [7, 11) is 0. The van der Waals surface area contributed by atoms with Gasteiger partial charge in [-0.2, -0.15) is 0 Å². The molecule has 0 bridgehead atoms. The number of thioether (sulfide) groups is 1. The molecule has 0 saturated carbocycles. The number of aryl methyl sites for hydroxylation is 2. The molecular weight excluding hydrogens is 394 g/mol. The minimum Gasteiger partial charge on any atom is -0.355 e. The van der Waals surface area contributed by atoms with Crippen molar-refractivity contribution in [2.24, 2.45) is 0 Å². The summed E-state index contributed by atoms with van der Waals surface area (Å²) in [5.74, 6) is 0.852. The van der Waals surface area contributed by atoms with E-state index in [0.717, 1.165) is 60.9 Å². The van der Waals surface area contributed by atoms with Gasteiger partial charge in [-0.05, 0) is 48.9 Å². The van der Waals surface area contributed by atoms with Crippen molar-refractivity contribution < 1.29 is 4.79 Å². The summed E-state index contributed by atoms with van der Waals surface area (Å²) in [4.78, 5) is 16.9. The Hall–Kier alpha value is -2.67. The highest BCUT2D eigenvalue weighted by atomic mass is 32.2. The minimum atomic E-state index is -0.156. The Morgan fingerprint density at radius 1 is 1.10 bits per heavy atom. The summed E-state index contributed by atoms with van der Waals surface area (Å²) >= 11 is 1.52. The van der Waals surface area contributed by atoms with Crippen molar-refractivity contribution in [2.45, 2.75) is 56.4 Å². The van der Waals surface area contributed by atoms with E-state index in [0.29, 0.717) is 0 Å². The zero-order valence-electron chi connectivity index (χ0n) is 17.5. The quantitative estimate of drug-likeness (QED) is 0.645. The van der Waals surface area contributed by atoms with E-state index in [9.17, 15) is 4.79 Å². The van der Waals surface area contributed by atoms with Crippen molar-refractivity contribution >= 4 is 17.7 Å². The van der Waals surface area contributed by atoms with Crippen LogP contribution in [0.25, 0.3) is 17.1 Å². The third-order valence-electron chi connectivity index (χ3n) is 5.47. The van der Waals surface area contributed by atoms with Crippen molar-refractivity contribution in [3.63, 3.8) is 0 Å². The van der Waals surface area contributed by atoms with Crippen LogP contribution in [0.5, 0.6) is 0 Å². The fraction of sp³-hybridized carbons (Fsp3) is 0.391. The van der Waals surface area contributed by atoms with Crippen molar-refractivity contribution in [3.8, 4) is 17.1 Å². The lowest BCUT2D eigenvalue weighted by Gasteiger charge is -2.19. The molecule has 0 spiro atoms. The van der Waals surface area contributed by atoms with Crippen molar-refractivity contribution in [2.75, 3.05) is 6.54 Å². The molecule has 1 fully saturated rings. The Morgan fingerprint density at radius 2 is 1.90 bits per heavy atom. The molecule has 1 saturated heterocycles. The van der Waals surface area contributed by atoms with Gasteiger partial charge in [-0.25, -0.2) is 0 Å². The molecule has 3 heterocycles. The first kappa shape index (κ1) is 20.6. The van der Waals surface area contributed by atoms with Crippen LogP contribution in [0.1, 0.15) is 44.2 Å². The van der Waals surface area contributed by atoms with E-state index >= 15 is 0 Å². The van der Waals surface area contributed by atoms with Gasteiger partial charge in [0.1, 0.15) is 0 Å². The number of rotatable bonds is 6.